The lowest BCUT2D eigenvalue weighted by Gasteiger charge is -2.25. The van der Waals surface area contributed by atoms with E-state index in [1.165, 1.54) is 18.4 Å². The first kappa shape index (κ1) is 16.7. The van der Waals surface area contributed by atoms with Crippen LogP contribution in [0.2, 0.25) is 0 Å². The molecule has 0 bridgehead atoms. The highest BCUT2D eigenvalue weighted by Crippen LogP contribution is 2.42. The molecular weight excluding hydrogens is 300 g/mol. The van der Waals surface area contributed by atoms with Gasteiger partial charge in [0.05, 0.1) is 12.6 Å². The monoisotopic (exact) mass is 324 g/mol. The molecule has 4 nitrogen and oxygen atoms in total. The zero-order valence-electron chi connectivity index (χ0n) is 13.9. The third-order valence-electron chi connectivity index (χ3n) is 4.62. The van der Waals surface area contributed by atoms with Crippen molar-refractivity contribution in [3.63, 3.8) is 0 Å². The average Bonchev–Trinajstić information content (AvgIpc) is 3.48. The summed E-state index contributed by atoms with van der Waals surface area (Å²) in [6, 6.07) is 17.9. The smallest absolute Gasteiger partial charge is 0.251 e. The minimum atomic E-state index is -0.144. The topological polar surface area (TPSA) is 61.4 Å². The van der Waals surface area contributed by atoms with E-state index in [9.17, 15) is 9.90 Å². The van der Waals surface area contributed by atoms with Gasteiger partial charge in [0, 0.05) is 18.7 Å². The summed E-state index contributed by atoms with van der Waals surface area (Å²) in [5.74, 6) is 0.529. The molecule has 4 heteroatoms. The van der Waals surface area contributed by atoms with Crippen molar-refractivity contribution in [2.45, 2.75) is 24.9 Å². The molecule has 0 radical (unpaired) electrons. The molecule has 1 saturated carbocycles. The first-order valence-electron chi connectivity index (χ1n) is 8.47. The first-order valence-corrected chi connectivity index (χ1v) is 8.47. The highest BCUT2D eigenvalue weighted by atomic mass is 16.3. The summed E-state index contributed by atoms with van der Waals surface area (Å²) >= 11 is 0. The van der Waals surface area contributed by atoms with Crippen LogP contribution < -0.4 is 10.6 Å². The number of rotatable bonds is 7. The van der Waals surface area contributed by atoms with E-state index in [1.807, 2.05) is 18.2 Å². The number of carbonyl (C=O) groups excluding carboxylic acids is 1. The van der Waals surface area contributed by atoms with Gasteiger partial charge in [-0.15, -0.1) is 0 Å². The third kappa shape index (κ3) is 3.83. The molecule has 2 atom stereocenters. The summed E-state index contributed by atoms with van der Waals surface area (Å²) in [7, 11) is 1.62. The second-order valence-corrected chi connectivity index (χ2v) is 6.33. The Kier molecular flexibility index (Phi) is 5.28. The van der Waals surface area contributed by atoms with Gasteiger partial charge in [-0.3, -0.25) is 4.79 Å². The Morgan fingerprint density at radius 2 is 1.75 bits per heavy atom. The van der Waals surface area contributed by atoms with Gasteiger partial charge in [-0.25, -0.2) is 0 Å². The van der Waals surface area contributed by atoms with Crippen molar-refractivity contribution in [3.05, 3.63) is 71.3 Å². The van der Waals surface area contributed by atoms with Crippen molar-refractivity contribution < 1.29 is 9.90 Å². The second kappa shape index (κ2) is 7.60. The van der Waals surface area contributed by atoms with E-state index >= 15 is 0 Å². The van der Waals surface area contributed by atoms with Crippen molar-refractivity contribution in [1.82, 2.24) is 10.6 Å². The number of amides is 1. The SMILES string of the molecule is CNC(=O)c1ccc(C(CO)NC(c2ccccc2)C2CC2)cc1. The maximum Gasteiger partial charge on any atom is 0.251 e. The Balaban J connectivity index is 1.76. The summed E-state index contributed by atoms with van der Waals surface area (Å²) in [6.07, 6.45) is 2.45. The van der Waals surface area contributed by atoms with Crippen LogP contribution in [0.1, 0.15) is 46.4 Å². The number of hydrogen-bond acceptors (Lipinski definition) is 3. The molecule has 1 fully saturated rings. The second-order valence-electron chi connectivity index (χ2n) is 6.33. The van der Waals surface area contributed by atoms with Gasteiger partial charge in [0.1, 0.15) is 0 Å². The van der Waals surface area contributed by atoms with Crippen molar-refractivity contribution >= 4 is 5.91 Å². The molecule has 3 rings (SSSR count). The van der Waals surface area contributed by atoms with Crippen LogP contribution in [0.4, 0.5) is 0 Å². The highest BCUT2D eigenvalue weighted by Gasteiger charge is 2.33. The lowest BCUT2D eigenvalue weighted by atomic mass is 9.98. The van der Waals surface area contributed by atoms with Gasteiger partial charge in [-0.2, -0.15) is 0 Å². The molecule has 1 aliphatic carbocycles. The molecule has 2 aromatic carbocycles. The van der Waals surface area contributed by atoms with Gasteiger partial charge in [0.2, 0.25) is 0 Å². The van der Waals surface area contributed by atoms with Gasteiger partial charge in [-0.05, 0) is 42.0 Å². The van der Waals surface area contributed by atoms with Crippen LogP contribution >= 0.6 is 0 Å². The maximum atomic E-state index is 11.6. The lowest BCUT2D eigenvalue weighted by Crippen LogP contribution is -2.30. The van der Waals surface area contributed by atoms with Crippen molar-refractivity contribution in [2.75, 3.05) is 13.7 Å². The molecule has 3 N–H and O–H groups in total. The fraction of sp³-hybridized carbons (Fsp3) is 0.350. The molecule has 0 heterocycles. The minimum absolute atomic E-state index is 0.0232. The molecule has 1 aliphatic rings. The fourth-order valence-corrected chi connectivity index (χ4v) is 3.08. The van der Waals surface area contributed by atoms with E-state index in [4.69, 9.17) is 0 Å². The van der Waals surface area contributed by atoms with Crippen LogP contribution in [0.25, 0.3) is 0 Å². The lowest BCUT2D eigenvalue weighted by molar-refractivity contribution is 0.0963. The van der Waals surface area contributed by atoms with Gasteiger partial charge >= 0.3 is 0 Å². The summed E-state index contributed by atoms with van der Waals surface area (Å²) in [5.41, 5.74) is 2.88. The van der Waals surface area contributed by atoms with E-state index < -0.39 is 0 Å². The van der Waals surface area contributed by atoms with E-state index in [-0.39, 0.29) is 24.6 Å². The van der Waals surface area contributed by atoms with Gasteiger partial charge in [0.15, 0.2) is 0 Å². The number of aliphatic hydroxyl groups excluding tert-OH is 1. The molecule has 0 aromatic heterocycles. The van der Waals surface area contributed by atoms with E-state index in [0.717, 1.165) is 5.56 Å². The van der Waals surface area contributed by atoms with Crippen molar-refractivity contribution in [2.24, 2.45) is 5.92 Å². The van der Waals surface area contributed by atoms with Crippen LogP contribution in [0.5, 0.6) is 0 Å². The van der Waals surface area contributed by atoms with Gasteiger partial charge in [0.25, 0.3) is 5.91 Å². The number of nitrogens with one attached hydrogen (secondary N) is 2. The predicted octanol–water partition coefficient (Wildman–Crippen LogP) is 2.82. The number of hydrogen-bond donors (Lipinski definition) is 3. The molecule has 2 aromatic rings. The molecule has 126 valence electrons. The Morgan fingerprint density at radius 1 is 1.08 bits per heavy atom. The Hall–Kier alpha value is -2.17. The quantitative estimate of drug-likeness (QED) is 0.734. The zero-order chi connectivity index (χ0) is 16.9. The number of benzene rings is 2. The maximum absolute atomic E-state index is 11.6. The summed E-state index contributed by atoms with van der Waals surface area (Å²) in [5, 5.41) is 16.1. The summed E-state index contributed by atoms with van der Waals surface area (Å²) < 4.78 is 0. The van der Waals surface area contributed by atoms with E-state index in [2.05, 4.69) is 34.9 Å². The van der Waals surface area contributed by atoms with Crippen LogP contribution in [-0.2, 0) is 0 Å². The Morgan fingerprint density at radius 3 is 2.29 bits per heavy atom. The molecule has 1 amide bonds. The zero-order valence-corrected chi connectivity index (χ0v) is 13.9. The molecule has 0 aliphatic heterocycles. The summed E-state index contributed by atoms with van der Waals surface area (Å²) in [4.78, 5) is 11.6. The largest absolute Gasteiger partial charge is 0.394 e. The first-order chi connectivity index (χ1) is 11.7. The van der Waals surface area contributed by atoms with E-state index in [0.29, 0.717) is 11.5 Å². The Labute approximate surface area is 142 Å². The van der Waals surface area contributed by atoms with E-state index in [1.54, 1.807) is 19.2 Å². The van der Waals surface area contributed by atoms with Crippen LogP contribution in [0.3, 0.4) is 0 Å². The standard InChI is InChI=1S/C20H24N2O2/c1-21-20(24)17-11-7-14(8-12-17)18(13-23)22-19(16-9-10-16)15-5-3-2-4-6-15/h2-8,11-12,16,18-19,22-23H,9-10,13H2,1H3,(H,21,24). The van der Waals surface area contributed by atoms with Crippen molar-refractivity contribution in [1.29, 1.82) is 0 Å². The third-order valence-corrected chi connectivity index (χ3v) is 4.62. The van der Waals surface area contributed by atoms with Gasteiger partial charge < -0.3 is 15.7 Å². The molecule has 0 saturated heterocycles. The van der Waals surface area contributed by atoms with Crippen LogP contribution in [-0.4, -0.2) is 24.7 Å². The molecular formula is C20H24N2O2. The average molecular weight is 324 g/mol. The molecule has 24 heavy (non-hydrogen) atoms. The van der Waals surface area contributed by atoms with Crippen LogP contribution in [0.15, 0.2) is 54.6 Å². The normalized spacial score (nSPS) is 16.4. The predicted molar refractivity (Wildman–Crippen MR) is 94.7 cm³/mol. The van der Waals surface area contributed by atoms with Crippen molar-refractivity contribution in [3.8, 4) is 0 Å². The number of carbonyl (C=O) groups is 1. The fourth-order valence-electron chi connectivity index (χ4n) is 3.08. The summed E-state index contributed by atoms with van der Waals surface area (Å²) in [6.45, 7) is 0.0232. The minimum Gasteiger partial charge on any atom is -0.394 e. The van der Waals surface area contributed by atoms with Crippen LogP contribution in [0, 0.1) is 5.92 Å². The number of aliphatic hydroxyl groups is 1. The molecule has 2 unspecified atom stereocenters. The van der Waals surface area contributed by atoms with Gasteiger partial charge in [-0.1, -0.05) is 42.5 Å². The highest BCUT2D eigenvalue weighted by molar-refractivity contribution is 5.93. The Bertz CT molecular complexity index is 666. The molecule has 0 spiro atoms.